The largest absolute Gasteiger partial charge is 0.302 e. The van der Waals surface area contributed by atoms with Crippen LogP contribution in [0.3, 0.4) is 0 Å². The SMILES string of the molecule is O=C(Nc1nc2ccc(Br)cc2s1)C1CCN(S(=O)(=O)c2ccccc2F)CC1. The molecule has 0 bridgehead atoms. The fourth-order valence-corrected chi connectivity index (χ4v) is 6.27. The minimum absolute atomic E-state index is 0.168. The Morgan fingerprint density at radius 1 is 1.21 bits per heavy atom. The molecule has 6 nitrogen and oxygen atoms in total. The fraction of sp³-hybridized carbons (Fsp3) is 0.263. The van der Waals surface area contributed by atoms with E-state index in [1.165, 1.54) is 33.8 Å². The number of halogens is 2. The van der Waals surface area contributed by atoms with E-state index < -0.39 is 15.8 Å². The zero-order chi connectivity index (χ0) is 20.6. The number of fused-ring (bicyclic) bond motifs is 1. The third-order valence-corrected chi connectivity index (χ3v) is 8.22. The highest BCUT2D eigenvalue weighted by Gasteiger charge is 2.33. The van der Waals surface area contributed by atoms with Gasteiger partial charge < -0.3 is 5.32 Å². The lowest BCUT2D eigenvalue weighted by atomic mass is 9.97. The lowest BCUT2D eigenvalue weighted by Gasteiger charge is -2.30. The first-order valence-corrected chi connectivity index (χ1v) is 12.0. The zero-order valence-corrected chi connectivity index (χ0v) is 18.4. The summed E-state index contributed by atoms with van der Waals surface area (Å²) in [5.74, 6) is -1.26. The van der Waals surface area contributed by atoms with Crippen molar-refractivity contribution in [1.29, 1.82) is 0 Å². The van der Waals surface area contributed by atoms with E-state index in [-0.39, 0.29) is 29.8 Å². The smallest absolute Gasteiger partial charge is 0.245 e. The van der Waals surface area contributed by atoms with Gasteiger partial charge in [-0.1, -0.05) is 39.4 Å². The molecular weight excluding hydrogens is 481 g/mol. The second kappa shape index (κ2) is 8.10. The number of nitrogens with one attached hydrogen (secondary N) is 1. The zero-order valence-electron chi connectivity index (χ0n) is 15.1. The van der Waals surface area contributed by atoms with Crippen LogP contribution in [0.1, 0.15) is 12.8 Å². The van der Waals surface area contributed by atoms with Crippen molar-refractivity contribution in [3.8, 4) is 0 Å². The van der Waals surface area contributed by atoms with Gasteiger partial charge in [0.2, 0.25) is 15.9 Å². The number of thiazole rings is 1. The maximum absolute atomic E-state index is 13.9. The van der Waals surface area contributed by atoms with E-state index >= 15 is 0 Å². The number of piperidine rings is 1. The number of nitrogens with zero attached hydrogens (tertiary/aromatic N) is 2. The Balaban J connectivity index is 1.41. The third kappa shape index (κ3) is 4.20. The van der Waals surface area contributed by atoms with Crippen molar-refractivity contribution in [2.45, 2.75) is 17.7 Å². The second-order valence-corrected chi connectivity index (χ2v) is 10.6. The van der Waals surface area contributed by atoms with Gasteiger partial charge in [-0.05, 0) is 43.2 Å². The van der Waals surface area contributed by atoms with E-state index in [0.29, 0.717) is 18.0 Å². The monoisotopic (exact) mass is 497 g/mol. The summed E-state index contributed by atoms with van der Waals surface area (Å²) in [6, 6.07) is 11.0. The van der Waals surface area contributed by atoms with Crippen LogP contribution in [0.15, 0.2) is 51.8 Å². The highest BCUT2D eigenvalue weighted by Crippen LogP contribution is 2.30. The van der Waals surface area contributed by atoms with E-state index in [1.54, 1.807) is 0 Å². The number of anilines is 1. The molecule has 1 N–H and O–H groups in total. The number of sulfonamides is 1. The van der Waals surface area contributed by atoms with E-state index in [9.17, 15) is 17.6 Å². The molecule has 2 heterocycles. The number of benzene rings is 2. The van der Waals surface area contributed by atoms with Crippen molar-refractivity contribution in [1.82, 2.24) is 9.29 Å². The van der Waals surface area contributed by atoms with Crippen molar-refractivity contribution in [2.75, 3.05) is 18.4 Å². The number of aromatic nitrogens is 1. The molecule has 4 rings (SSSR count). The van der Waals surface area contributed by atoms with E-state index in [2.05, 4.69) is 26.2 Å². The predicted molar refractivity (Wildman–Crippen MR) is 114 cm³/mol. The quantitative estimate of drug-likeness (QED) is 0.584. The molecule has 10 heteroatoms. The molecule has 1 aliphatic heterocycles. The van der Waals surface area contributed by atoms with Crippen molar-refractivity contribution in [3.63, 3.8) is 0 Å². The fourth-order valence-electron chi connectivity index (χ4n) is 3.31. The third-order valence-electron chi connectivity index (χ3n) is 4.86. The molecule has 0 spiro atoms. The van der Waals surface area contributed by atoms with Gasteiger partial charge in [-0.2, -0.15) is 4.31 Å². The minimum Gasteiger partial charge on any atom is -0.302 e. The Bertz CT molecular complexity index is 1170. The number of hydrogen-bond donors (Lipinski definition) is 1. The number of amides is 1. The summed E-state index contributed by atoms with van der Waals surface area (Å²) in [4.78, 5) is 16.7. The van der Waals surface area contributed by atoms with Crippen LogP contribution in [0.4, 0.5) is 9.52 Å². The Morgan fingerprint density at radius 3 is 2.66 bits per heavy atom. The van der Waals surface area contributed by atoms with Crippen LogP contribution in [-0.4, -0.2) is 36.7 Å². The topological polar surface area (TPSA) is 79.4 Å². The van der Waals surface area contributed by atoms with E-state index in [1.807, 2.05) is 18.2 Å². The highest BCUT2D eigenvalue weighted by molar-refractivity contribution is 9.10. The van der Waals surface area contributed by atoms with Crippen LogP contribution < -0.4 is 5.32 Å². The molecule has 29 heavy (non-hydrogen) atoms. The molecule has 1 saturated heterocycles. The summed E-state index contributed by atoms with van der Waals surface area (Å²) in [6.45, 7) is 0.336. The summed E-state index contributed by atoms with van der Waals surface area (Å²) in [5, 5.41) is 3.36. The molecule has 0 saturated carbocycles. The van der Waals surface area contributed by atoms with Crippen LogP contribution in [0.25, 0.3) is 10.2 Å². The summed E-state index contributed by atoms with van der Waals surface area (Å²) >= 11 is 4.80. The van der Waals surface area contributed by atoms with Gasteiger partial charge in [0.15, 0.2) is 5.13 Å². The number of carbonyl (C=O) groups excluding carboxylic acids is 1. The first-order chi connectivity index (χ1) is 13.8. The number of carbonyl (C=O) groups is 1. The Labute approximate surface area is 179 Å². The molecule has 0 atom stereocenters. The van der Waals surface area contributed by atoms with Crippen LogP contribution in [-0.2, 0) is 14.8 Å². The van der Waals surface area contributed by atoms with Crippen molar-refractivity contribution in [3.05, 3.63) is 52.8 Å². The maximum Gasteiger partial charge on any atom is 0.245 e. The standard InChI is InChI=1S/C19H17BrFN3O3S2/c20-13-5-6-15-16(11-13)28-19(22-15)23-18(25)12-7-9-24(10-8-12)29(26,27)17-4-2-1-3-14(17)21/h1-6,11-12H,7-10H2,(H,22,23,25). The molecular formula is C19H17BrFN3O3S2. The van der Waals surface area contributed by atoms with Gasteiger partial charge in [-0.15, -0.1) is 0 Å². The molecule has 1 amide bonds. The second-order valence-electron chi connectivity index (χ2n) is 6.73. The molecule has 0 aliphatic carbocycles. The van der Waals surface area contributed by atoms with Crippen molar-refractivity contribution >= 4 is 58.5 Å². The molecule has 1 aliphatic rings. The Hall–Kier alpha value is -1.88. The van der Waals surface area contributed by atoms with Crippen molar-refractivity contribution < 1.29 is 17.6 Å². The molecule has 0 unspecified atom stereocenters. The van der Waals surface area contributed by atoms with Crippen LogP contribution in [0.5, 0.6) is 0 Å². The van der Waals surface area contributed by atoms with Gasteiger partial charge >= 0.3 is 0 Å². The lowest BCUT2D eigenvalue weighted by Crippen LogP contribution is -2.41. The Morgan fingerprint density at radius 2 is 1.93 bits per heavy atom. The Kier molecular flexibility index (Phi) is 5.69. The summed E-state index contributed by atoms with van der Waals surface area (Å²) in [6.07, 6.45) is 0.742. The van der Waals surface area contributed by atoms with Gasteiger partial charge in [0, 0.05) is 23.5 Å². The number of hydrogen-bond acceptors (Lipinski definition) is 5. The van der Waals surface area contributed by atoms with E-state index in [4.69, 9.17) is 0 Å². The first kappa shape index (κ1) is 20.4. The molecule has 1 aromatic heterocycles. The van der Waals surface area contributed by atoms with Gasteiger partial charge in [0.25, 0.3) is 0 Å². The minimum atomic E-state index is -3.91. The number of rotatable bonds is 4. The van der Waals surface area contributed by atoms with Crippen LogP contribution in [0, 0.1) is 11.7 Å². The summed E-state index contributed by atoms with van der Waals surface area (Å²) in [5.41, 5.74) is 0.805. The predicted octanol–water partition coefficient (Wildman–Crippen LogP) is 4.24. The average Bonchev–Trinajstić information content (AvgIpc) is 3.09. The van der Waals surface area contributed by atoms with Gasteiger partial charge in [0.05, 0.1) is 10.2 Å². The lowest BCUT2D eigenvalue weighted by molar-refractivity contribution is -0.120. The maximum atomic E-state index is 13.9. The molecule has 1 fully saturated rings. The normalized spacial score (nSPS) is 16.2. The average molecular weight is 498 g/mol. The van der Waals surface area contributed by atoms with Gasteiger partial charge in [0.1, 0.15) is 10.7 Å². The summed E-state index contributed by atoms with van der Waals surface area (Å²) < 4.78 is 42.4. The first-order valence-electron chi connectivity index (χ1n) is 8.96. The van der Waals surface area contributed by atoms with Gasteiger partial charge in [-0.3, -0.25) is 4.79 Å². The molecule has 0 radical (unpaired) electrons. The summed E-state index contributed by atoms with van der Waals surface area (Å²) in [7, 11) is -3.91. The van der Waals surface area contributed by atoms with Gasteiger partial charge in [-0.25, -0.2) is 17.8 Å². The molecule has 3 aromatic rings. The van der Waals surface area contributed by atoms with Crippen molar-refractivity contribution in [2.24, 2.45) is 5.92 Å². The molecule has 2 aromatic carbocycles. The van der Waals surface area contributed by atoms with Crippen LogP contribution >= 0.6 is 27.3 Å². The van der Waals surface area contributed by atoms with Crippen LogP contribution in [0.2, 0.25) is 0 Å². The highest BCUT2D eigenvalue weighted by atomic mass is 79.9. The van der Waals surface area contributed by atoms with E-state index in [0.717, 1.165) is 20.8 Å². The molecule has 152 valence electrons.